The predicted octanol–water partition coefficient (Wildman–Crippen LogP) is 3.70. The van der Waals surface area contributed by atoms with Crippen molar-refractivity contribution in [1.29, 1.82) is 0 Å². The van der Waals surface area contributed by atoms with Gasteiger partial charge in [0.15, 0.2) is 0 Å². The average Bonchev–Trinajstić information content (AvgIpc) is 3.38. The van der Waals surface area contributed by atoms with Crippen LogP contribution in [0.25, 0.3) is 0 Å². The summed E-state index contributed by atoms with van der Waals surface area (Å²) in [7, 11) is 0. The zero-order chi connectivity index (χ0) is 17.1. The van der Waals surface area contributed by atoms with Crippen LogP contribution < -0.4 is 0 Å². The van der Waals surface area contributed by atoms with Crippen LogP contribution in [0.4, 0.5) is 0 Å². The molecule has 4 nitrogen and oxygen atoms in total. The predicted molar refractivity (Wildman–Crippen MR) is 97.3 cm³/mol. The Labute approximate surface area is 151 Å². The zero-order valence-electron chi connectivity index (χ0n) is 15.5. The highest BCUT2D eigenvalue weighted by Gasteiger charge is 2.43. The smallest absolute Gasteiger partial charge is 0.226 e. The Morgan fingerprint density at radius 2 is 2.08 bits per heavy atom. The molecule has 0 aromatic rings. The van der Waals surface area contributed by atoms with Crippen LogP contribution in [0.1, 0.15) is 64.2 Å². The van der Waals surface area contributed by atoms with Crippen molar-refractivity contribution in [2.24, 2.45) is 11.3 Å². The highest BCUT2D eigenvalue weighted by Crippen LogP contribution is 2.42. The van der Waals surface area contributed by atoms with E-state index in [1.165, 1.54) is 31.3 Å². The fraction of sp³-hybridized carbons (Fsp3) is 0.857. The Balaban J connectivity index is 1.19. The molecule has 1 unspecified atom stereocenters. The van der Waals surface area contributed by atoms with E-state index in [0.29, 0.717) is 17.7 Å². The lowest BCUT2D eigenvalue weighted by atomic mass is 9.76. The van der Waals surface area contributed by atoms with Gasteiger partial charge in [0.1, 0.15) is 0 Å². The van der Waals surface area contributed by atoms with Gasteiger partial charge in [-0.1, -0.05) is 11.6 Å². The van der Waals surface area contributed by atoms with Crippen molar-refractivity contribution in [3.63, 3.8) is 0 Å². The van der Waals surface area contributed by atoms with E-state index >= 15 is 0 Å². The summed E-state index contributed by atoms with van der Waals surface area (Å²) in [5.41, 5.74) is 1.67. The molecule has 0 radical (unpaired) electrons. The van der Waals surface area contributed by atoms with Crippen molar-refractivity contribution >= 4 is 5.91 Å². The van der Waals surface area contributed by atoms with Crippen molar-refractivity contribution in [2.75, 3.05) is 32.9 Å². The van der Waals surface area contributed by atoms with Crippen molar-refractivity contribution in [2.45, 2.75) is 70.3 Å². The molecule has 0 N–H and O–H groups in total. The lowest BCUT2D eigenvalue weighted by Gasteiger charge is -2.38. The third-order valence-electron chi connectivity index (χ3n) is 6.58. The Morgan fingerprint density at radius 3 is 2.80 bits per heavy atom. The number of ether oxygens (including phenoxy) is 2. The summed E-state index contributed by atoms with van der Waals surface area (Å²) in [5, 5.41) is 0. The van der Waals surface area contributed by atoms with Crippen LogP contribution >= 0.6 is 0 Å². The van der Waals surface area contributed by atoms with Crippen molar-refractivity contribution in [1.82, 2.24) is 4.90 Å². The second-order valence-electron chi connectivity index (χ2n) is 8.78. The van der Waals surface area contributed by atoms with Gasteiger partial charge in [-0.25, -0.2) is 0 Å². The zero-order valence-corrected chi connectivity index (χ0v) is 15.5. The number of piperidine rings is 1. The SMILES string of the molecule is O=C(CC1=CCCCC1)N1CCC2(CC1)COC(COCC1CC1)C2. The van der Waals surface area contributed by atoms with Crippen LogP contribution in [0.5, 0.6) is 0 Å². The molecule has 2 aliphatic carbocycles. The summed E-state index contributed by atoms with van der Waals surface area (Å²) in [6.45, 7) is 4.36. The average molecular weight is 347 g/mol. The number of allylic oxidation sites excluding steroid dienone is 1. The lowest BCUT2D eigenvalue weighted by Crippen LogP contribution is -2.43. The maximum Gasteiger partial charge on any atom is 0.226 e. The molecule has 0 aromatic carbocycles. The first-order chi connectivity index (χ1) is 12.2. The second-order valence-corrected chi connectivity index (χ2v) is 8.78. The third kappa shape index (κ3) is 4.65. The van der Waals surface area contributed by atoms with Gasteiger partial charge in [-0.3, -0.25) is 4.79 Å². The summed E-state index contributed by atoms with van der Waals surface area (Å²) in [6.07, 6.45) is 14.0. The Bertz CT molecular complexity index is 503. The van der Waals surface area contributed by atoms with E-state index in [1.807, 2.05) is 0 Å². The first-order valence-corrected chi connectivity index (χ1v) is 10.4. The minimum atomic E-state index is 0.272. The van der Waals surface area contributed by atoms with E-state index in [0.717, 1.165) is 70.9 Å². The molecule has 1 amide bonds. The van der Waals surface area contributed by atoms with Crippen LogP contribution in [0.3, 0.4) is 0 Å². The molecule has 1 saturated carbocycles. The van der Waals surface area contributed by atoms with E-state index in [2.05, 4.69) is 11.0 Å². The molecule has 1 atom stereocenters. The lowest BCUT2D eigenvalue weighted by molar-refractivity contribution is -0.132. The Kier molecular flexibility index (Phi) is 5.47. The van der Waals surface area contributed by atoms with Gasteiger partial charge in [0.25, 0.3) is 0 Å². The van der Waals surface area contributed by atoms with E-state index in [-0.39, 0.29) is 6.10 Å². The molecule has 0 aromatic heterocycles. The topological polar surface area (TPSA) is 38.8 Å². The minimum absolute atomic E-state index is 0.272. The molecule has 4 rings (SSSR count). The van der Waals surface area contributed by atoms with Crippen LogP contribution in [0, 0.1) is 11.3 Å². The van der Waals surface area contributed by atoms with Crippen molar-refractivity contribution < 1.29 is 14.3 Å². The summed E-state index contributed by atoms with van der Waals surface area (Å²) in [6, 6.07) is 0. The van der Waals surface area contributed by atoms with Gasteiger partial charge in [-0.15, -0.1) is 0 Å². The third-order valence-corrected chi connectivity index (χ3v) is 6.58. The van der Waals surface area contributed by atoms with Crippen LogP contribution in [-0.4, -0.2) is 49.8 Å². The monoisotopic (exact) mass is 347 g/mol. The Hall–Kier alpha value is -0.870. The van der Waals surface area contributed by atoms with Gasteiger partial charge in [0.05, 0.1) is 19.3 Å². The van der Waals surface area contributed by atoms with E-state index in [9.17, 15) is 4.79 Å². The van der Waals surface area contributed by atoms with Gasteiger partial charge >= 0.3 is 0 Å². The van der Waals surface area contributed by atoms with Gasteiger partial charge in [0, 0.05) is 26.1 Å². The molecule has 4 heteroatoms. The Morgan fingerprint density at radius 1 is 1.24 bits per heavy atom. The first-order valence-electron chi connectivity index (χ1n) is 10.4. The van der Waals surface area contributed by atoms with Gasteiger partial charge < -0.3 is 14.4 Å². The molecule has 25 heavy (non-hydrogen) atoms. The number of hydrogen-bond acceptors (Lipinski definition) is 3. The summed E-state index contributed by atoms with van der Waals surface area (Å²) in [5.74, 6) is 1.16. The van der Waals surface area contributed by atoms with E-state index < -0.39 is 0 Å². The molecule has 2 heterocycles. The molecule has 2 saturated heterocycles. The standard InChI is InChI=1S/C21H33NO3/c23-20(12-17-4-2-1-3-5-17)22-10-8-21(9-11-22)13-19(25-16-21)15-24-14-18-6-7-18/h4,18-19H,1-3,5-16H2. The number of amides is 1. The number of nitrogens with zero attached hydrogens (tertiary/aromatic N) is 1. The molecule has 1 spiro atoms. The highest BCUT2D eigenvalue weighted by molar-refractivity contribution is 5.78. The largest absolute Gasteiger partial charge is 0.378 e. The number of carbonyl (C=O) groups excluding carboxylic acids is 1. The van der Waals surface area contributed by atoms with Crippen LogP contribution in [0.2, 0.25) is 0 Å². The molecular weight excluding hydrogens is 314 g/mol. The minimum Gasteiger partial charge on any atom is -0.378 e. The number of hydrogen-bond donors (Lipinski definition) is 0. The maximum atomic E-state index is 12.6. The molecule has 4 aliphatic rings. The molecular formula is C21H33NO3. The van der Waals surface area contributed by atoms with Crippen molar-refractivity contribution in [3.8, 4) is 0 Å². The van der Waals surface area contributed by atoms with Gasteiger partial charge in [-0.2, -0.15) is 0 Å². The van der Waals surface area contributed by atoms with E-state index in [1.54, 1.807) is 0 Å². The number of carbonyl (C=O) groups is 1. The fourth-order valence-corrected chi connectivity index (χ4v) is 4.60. The second kappa shape index (κ2) is 7.79. The molecule has 3 fully saturated rings. The quantitative estimate of drug-likeness (QED) is 0.688. The summed E-state index contributed by atoms with van der Waals surface area (Å²) in [4.78, 5) is 14.7. The molecule has 2 aliphatic heterocycles. The van der Waals surface area contributed by atoms with Crippen LogP contribution in [-0.2, 0) is 14.3 Å². The first kappa shape index (κ1) is 17.5. The highest BCUT2D eigenvalue weighted by atomic mass is 16.5. The molecule has 140 valence electrons. The number of likely N-dealkylation sites (tertiary alicyclic amines) is 1. The normalized spacial score (nSPS) is 29.0. The summed E-state index contributed by atoms with van der Waals surface area (Å²) < 4.78 is 11.9. The van der Waals surface area contributed by atoms with Crippen molar-refractivity contribution in [3.05, 3.63) is 11.6 Å². The van der Waals surface area contributed by atoms with Gasteiger partial charge in [-0.05, 0) is 69.1 Å². The molecule has 0 bridgehead atoms. The summed E-state index contributed by atoms with van der Waals surface area (Å²) >= 11 is 0. The van der Waals surface area contributed by atoms with Gasteiger partial charge in [0.2, 0.25) is 5.91 Å². The number of rotatable bonds is 6. The fourth-order valence-electron chi connectivity index (χ4n) is 4.60. The van der Waals surface area contributed by atoms with Crippen LogP contribution in [0.15, 0.2) is 11.6 Å². The maximum absolute atomic E-state index is 12.6. The van der Waals surface area contributed by atoms with E-state index in [4.69, 9.17) is 9.47 Å².